The van der Waals surface area contributed by atoms with Crippen LogP contribution < -0.4 is 5.32 Å². The van der Waals surface area contributed by atoms with E-state index in [1.807, 2.05) is 50.4 Å². The fourth-order valence-electron chi connectivity index (χ4n) is 4.78. The first-order valence-electron chi connectivity index (χ1n) is 11.7. The highest BCUT2D eigenvalue weighted by molar-refractivity contribution is 5.86. The molecule has 2 aromatic rings. The lowest BCUT2D eigenvalue weighted by molar-refractivity contribution is -0.138. The minimum Gasteiger partial charge on any atom is -0.481 e. The van der Waals surface area contributed by atoms with E-state index in [2.05, 4.69) is 22.3 Å². The number of fused-ring (bicyclic) bond motifs is 3. The Kier molecular flexibility index (Phi) is 7.17. The number of hydrogen-bond acceptors (Lipinski definition) is 5. The molecule has 2 N–H and O–H groups in total. The fourth-order valence-corrected chi connectivity index (χ4v) is 4.78. The molecule has 1 aliphatic carbocycles. The molecule has 2 aliphatic rings. The van der Waals surface area contributed by atoms with Gasteiger partial charge in [0.05, 0.1) is 0 Å². The van der Waals surface area contributed by atoms with Crippen molar-refractivity contribution in [3.05, 3.63) is 59.7 Å². The average molecular weight is 466 g/mol. The summed E-state index contributed by atoms with van der Waals surface area (Å²) in [5.74, 6) is -1.38. The van der Waals surface area contributed by atoms with Crippen LogP contribution in [0.25, 0.3) is 11.1 Å². The molecule has 1 heterocycles. The lowest BCUT2D eigenvalue weighted by Crippen LogP contribution is -2.57. The summed E-state index contributed by atoms with van der Waals surface area (Å²) in [5.41, 5.74) is 4.46. The highest BCUT2D eigenvalue weighted by atomic mass is 16.5. The Morgan fingerprint density at radius 3 is 2.26 bits per heavy atom. The first kappa shape index (κ1) is 23.8. The number of hydrogen-bond donors (Lipinski definition) is 2. The molecule has 1 aliphatic heterocycles. The van der Waals surface area contributed by atoms with Crippen LogP contribution in [0.15, 0.2) is 48.5 Å². The van der Waals surface area contributed by atoms with Crippen molar-refractivity contribution < 1.29 is 24.2 Å². The number of rotatable bonds is 7. The van der Waals surface area contributed by atoms with Gasteiger partial charge in [0.2, 0.25) is 5.91 Å². The Hall–Kier alpha value is -3.39. The maximum absolute atomic E-state index is 13.1. The van der Waals surface area contributed by atoms with Crippen molar-refractivity contribution in [1.82, 2.24) is 15.1 Å². The quantitative estimate of drug-likeness (QED) is 0.652. The van der Waals surface area contributed by atoms with Gasteiger partial charge >= 0.3 is 12.1 Å². The molecule has 2 amide bonds. The molecule has 2 atom stereocenters. The molecular weight excluding hydrogens is 434 g/mol. The van der Waals surface area contributed by atoms with Gasteiger partial charge in [0.25, 0.3) is 0 Å². The molecule has 0 radical (unpaired) electrons. The maximum Gasteiger partial charge on any atom is 0.407 e. The number of benzene rings is 2. The van der Waals surface area contributed by atoms with Crippen LogP contribution in [0.1, 0.15) is 36.8 Å². The fraction of sp³-hybridized carbons (Fsp3) is 0.423. The van der Waals surface area contributed by atoms with Crippen LogP contribution in [0.5, 0.6) is 0 Å². The Balaban J connectivity index is 1.42. The van der Waals surface area contributed by atoms with Crippen molar-refractivity contribution in [3.63, 3.8) is 0 Å². The number of carbonyl (C=O) groups is 3. The number of carboxylic acids is 1. The molecule has 0 bridgehead atoms. The summed E-state index contributed by atoms with van der Waals surface area (Å²) in [6.45, 7) is 3.96. The van der Waals surface area contributed by atoms with E-state index < -0.39 is 18.1 Å². The topological polar surface area (TPSA) is 99.2 Å². The van der Waals surface area contributed by atoms with Crippen molar-refractivity contribution in [2.24, 2.45) is 0 Å². The zero-order valence-electron chi connectivity index (χ0n) is 19.6. The van der Waals surface area contributed by atoms with Crippen LogP contribution in [0.4, 0.5) is 4.79 Å². The summed E-state index contributed by atoms with van der Waals surface area (Å²) in [4.78, 5) is 40.9. The van der Waals surface area contributed by atoms with E-state index in [1.54, 1.807) is 4.90 Å². The van der Waals surface area contributed by atoms with E-state index in [1.165, 1.54) is 0 Å². The Morgan fingerprint density at radius 1 is 1.06 bits per heavy atom. The number of carboxylic acid groups (broad SMARTS) is 1. The third-order valence-corrected chi connectivity index (χ3v) is 6.85. The summed E-state index contributed by atoms with van der Waals surface area (Å²) >= 11 is 0. The first-order chi connectivity index (χ1) is 16.3. The van der Waals surface area contributed by atoms with Gasteiger partial charge in [-0.15, -0.1) is 0 Å². The lowest BCUT2D eigenvalue weighted by atomic mass is 9.98. The number of nitrogens with one attached hydrogen (secondary N) is 1. The van der Waals surface area contributed by atoms with Crippen LogP contribution in [-0.2, 0) is 14.3 Å². The van der Waals surface area contributed by atoms with Crippen LogP contribution in [0, 0.1) is 0 Å². The summed E-state index contributed by atoms with van der Waals surface area (Å²) in [7, 11) is 2.00. The molecule has 0 aromatic heterocycles. The predicted molar refractivity (Wildman–Crippen MR) is 128 cm³/mol. The van der Waals surface area contributed by atoms with Crippen molar-refractivity contribution in [1.29, 1.82) is 0 Å². The summed E-state index contributed by atoms with van der Waals surface area (Å²) in [5, 5.41) is 11.8. The van der Waals surface area contributed by atoms with Crippen LogP contribution >= 0.6 is 0 Å². The van der Waals surface area contributed by atoms with E-state index in [0.29, 0.717) is 13.1 Å². The van der Waals surface area contributed by atoms with E-state index in [0.717, 1.165) is 28.8 Å². The zero-order valence-corrected chi connectivity index (χ0v) is 19.6. The minimum atomic E-state index is -1.01. The van der Waals surface area contributed by atoms with Gasteiger partial charge in [-0.3, -0.25) is 9.59 Å². The highest BCUT2D eigenvalue weighted by Gasteiger charge is 2.32. The van der Waals surface area contributed by atoms with Crippen molar-refractivity contribution in [2.75, 3.05) is 33.3 Å². The van der Waals surface area contributed by atoms with Crippen molar-refractivity contribution in [3.8, 4) is 11.1 Å². The molecule has 1 saturated heterocycles. The van der Waals surface area contributed by atoms with E-state index in [-0.39, 0.29) is 37.3 Å². The van der Waals surface area contributed by atoms with Crippen molar-refractivity contribution >= 4 is 18.0 Å². The third-order valence-electron chi connectivity index (χ3n) is 6.85. The second-order valence-electron chi connectivity index (χ2n) is 9.07. The summed E-state index contributed by atoms with van der Waals surface area (Å²) in [6, 6.07) is 15.4. The number of carbonyl (C=O) groups excluding carboxylic acids is 2. The number of piperazine rings is 1. The predicted octanol–water partition coefficient (Wildman–Crippen LogP) is 2.92. The van der Waals surface area contributed by atoms with Crippen LogP contribution in [0.3, 0.4) is 0 Å². The first-order valence-corrected chi connectivity index (χ1v) is 11.7. The van der Waals surface area contributed by atoms with Crippen molar-refractivity contribution in [2.45, 2.75) is 37.8 Å². The molecule has 34 heavy (non-hydrogen) atoms. The van der Waals surface area contributed by atoms with Gasteiger partial charge in [-0.1, -0.05) is 48.5 Å². The number of alkyl carbamates (subject to hydrolysis) is 1. The Bertz CT molecular complexity index is 1030. The maximum atomic E-state index is 13.1. The third kappa shape index (κ3) is 5.07. The van der Waals surface area contributed by atoms with Crippen LogP contribution in [-0.4, -0.2) is 78.2 Å². The van der Waals surface area contributed by atoms with Crippen LogP contribution in [0.2, 0.25) is 0 Å². The monoisotopic (exact) mass is 465 g/mol. The van der Waals surface area contributed by atoms with E-state index in [9.17, 15) is 14.4 Å². The van der Waals surface area contributed by atoms with Gasteiger partial charge in [-0.2, -0.15) is 0 Å². The second-order valence-corrected chi connectivity index (χ2v) is 9.07. The number of ether oxygens (including phenoxy) is 1. The SMILES string of the molecule is CC1CN(C(=O)C(CCC(=O)O)NC(=O)OCC2c3ccccc3-c3ccccc32)CCN1C. The zero-order chi connectivity index (χ0) is 24.2. The summed E-state index contributed by atoms with van der Waals surface area (Å²) in [6.07, 6.45) is -0.921. The normalized spacial score (nSPS) is 18.6. The van der Waals surface area contributed by atoms with E-state index >= 15 is 0 Å². The van der Waals surface area contributed by atoms with Gasteiger partial charge in [0, 0.05) is 38.0 Å². The van der Waals surface area contributed by atoms with Gasteiger partial charge in [-0.05, 0) is 42.6 Å². The van der Waals surface area contributed by atoms with Gasteiger partial charge in [0.1, 0.15) is 12.6 Å². The molecule has 2 aromatic carbocycles. The Morgan fingerprint density at radius 2 is 1.68 bits per heavy atom. The number of aliphatic carboxylic acids is 1. The molecule has 180 valence electrons. The minimum absolute atomic E-state index is 0.0130. The molecule has 2 unspecified atom stereocenters. The summed E-state index contributed by atoms with van der Waals surface area (Å²) < 4.78 is 5.58. The second kappa shape index (κ2) is 10.3. The lowest BCUT2D eigenvalue weighted by Gasteiger charge is -2.39. The molecular formula is C26H31N3O5. The molecule has 8 heteroatoms. The largest absolute Gasteiger partial charge is 0.481 e. The van der Waals surface area contributed by atoms with E-state index in [4.69, 9.17) is 9.84 Å². The number of amides is 2. The molecule has 4 rings (SSSR count). The molecule has 8 nitrogen and oxygen atoms in total. The standard InChI is InChI=1S/C26H31N3O5/c1-17-15-29(14-13-28(17)2)25(32)23(11-12-24(30)31)27-26(33)34-16-22-20-9-5-3-7-18(20)19-8-4-6-10-21(19)22/h3-10,17,22-23H,11-16H2,1-2H3,(H,27,33)(H,30,31). The highest BCUT2D eigenvalue weighted by Crippen LogP contribution is 2.44. The Labute approximate surface area is 199 Å². The molecule has 1 fully saturated rings. The number of nitrogens with zero attached hydrogens (tertiary/aromatic N) is 2. The average Bonchev–Trinajstić information content (AvgIpc) is 3.15. The smallest absolute Gasteiger partial charge is 0.407 e. The van der Waals surface area contributed by atoms with Gasteiger partial charge < -0.3 is 25.0 Å². The molecule has 0 saturated carbocycles. The molecule has 0 spiro atoms. The number of likely N-dealkylation sites (N-methyl/N-ethyl adjacent to an activating group) is 1. The van der Waals surface area contributed by atoms with Gasteiger partial charge in [0.15, 0.2) is 0 Å². The van der Waals surface area contributed by atoms with Gasteiger partial charge in [-0.25, -0.2) is 4.79 Å².